The van der Waals surface area contributed by atoms with Crippen LogP contribution in [0.4, 0.5) is 0 Å². The van der Waals surface area contributed by atoms with Gasteiger partial charge in [-0.2, -0.15) is 0 Å². The van der Waals surface area contributed by atoms with Gasteiger partial charge in [0.2, 0.25) is 17.7 Å². The monoisotopic (exact) mass is 316 g/mol. The van der Waals surface area contributed by atoms with Gasteiger partial charge in [0.05, 0.1) is 11.8 Å². The Labute approximate surface area is 136 Å². The van der Waals surface area contributed by atoms with Gasteiger partial charge < -0.3 is 5.32 Å². The molecule has 2 saturated carbocycles. The normalized spacial score (nSPS) is 37.3. The van der Waals surface area contributed by atoms with Crippen LogP contribution in [0.25, 0.3) is 0 Å². The van der Waals surface area contributed by atoms with Gasteiger partial charge in [0.15, 0.2) is 0 Å². The second-order valence-corrected chi connectivity index (χ2v) is 7.57. The summed E-state index contributed by atoms with van der Waals surface area (Å²) in [6, 6.07) is -0.495. The Morgan fingerprint density at radius 1 is 1.09 bits per heavy atom. The summed E-state index contributed by atoms with van der Waals surface area (Å²) < 4.78 is 0. The molecule has 3 aliphatic carbocycles. The number of carbonyl (C=O) groups excluding carboxylic acids is 3. The first-order valence-corrected chi connectivity index (χ1v) is 8.93. The number of amides is 3. The molecule has 1 saturated heterocycles. The Bertz CT molecular complexity index is 549. The van der Waals surface area contributed by atoms with Crippen molar-refractivity contribution in [3.8, 4) is 0 Å². The predicted octanol–water partition coefficient (Wildman–Crippen LogP) is 1.63. The quantitative estimate of drug-likeness (QED) is 0.636. The van der Waals surface area contributed by atoms with E-state index in [1.165, 1.54) is 11.3 Å². The zero-order valence-electron chi connectivity index (χ0n) is 13.5. The maximum atomic E-state index is 12.7. The number of carbonyl (C=O) groups is 3. The maximum Gasteiger partial charge on any atom is 0.243 e. The van der Waals surface area contributed by atoms with E-state index in [1.807, 2.05) is 0 Å². The third kappa shape index (κ3) is 2.24. The predicted molar refractivity (Wildman–Crippen MR) is 84.0 cm³/mol. The van der Waals surface area contributed by atoms with Crippen LogP contribution in [-0.4, -0.2) is 34.7 Å². The molecule has 0 unspecified atom stereocenters. The summed E-state index contributed by atoms with van der Waals surface area (Å²) in [5, 5.41) is 3.04. The van der Waals surface area contributed by atoms with Crippen LogP contribution in [0, 0.1) is 23.7 Å². The van der Waals surface area contributed by atoms with Crippen molar-refractivity contribution in [3.05, 3.63) is 12.2 Å². The van der Waals surface area contributed by atoms with Gasteiger partial charge in [0.1, 0.15) is 6.04 Å². The molecular weight excluding hydrogens is 292 g/mol. The lowest BCUT2D eigenvalue weighted by molar-refractivity contribution is -0.148. The first kappa shape index (κ1) is 14.9. The Kier molecular flexibility index (Phi) is 3.54. The molecule has 124 valence electrons. The van der Waals surface area contributed by atoms with Crippen LogP contribution in [0.3, 0.4) is 0 Å². The van der Waals surface area contributed by atoms with Gasteiger partial charge in [0, 0.05) is 6.04 Å². The van der Waals surface area contributed by atoms with Gasteiger partial charge in [-0.25, -0.2) is 0 Å². The largest absolute Gasteiger partial charge is 0.352 e. The molecule has 5 heteroatoms. The highest BCUT2D eigenvalue weighted by Gasteiger charge is 2.60. The topological polar surface area (TPSA) is 66.5 Å². The van der Waals surface area contributed by atoms with Crippen molar-refractivity contribution in [1.29, 1.82) is 0 Å². The van der Waals surface area contributed by atoms with Crippen LogP contribution in [0.5, 0.6) is 0 Å². The lowest BCUT2D eigenvalue weighted by atomic mass is 9.85. The third-order valence-corrected chi connectivity index (χ3v) is 6.22. The highest BCUT2D eigenvalue weighted by Crippen LogP contribution is 2.52. The summed E-state index contributed by atoms with van der Waals surface area (Å²) in [7, 11) is 0. The van der Waals surface area contributed by atoms with Crippen LogP contribution in [0.1, 0.15) is 45.4 Å². The minimum Gasteiger partial charge on any atom is -0.352 e. The van der Waals surface area contributed by atoms with Gasteiger partial charge in [-0.1, -0.05) is 31.4 Å². The molecule has 23 heavy (non-hydrogen) atoms. The molecular formula is C18H24N2O3. The van der Waals surface area contributed by atoms with Crippen molar-refractivity contribution >= 4 is 17.7 Å². The van der Waals surface area contributed by atoms with Crippen LogP contribution in [0.2, 0.25) is 0 Å². The lowest BCUT2D eigenvalue weighted by Gasteiger charge is -2.28. The Morgan fingerprint density at radius 3 is 2.22 bits per heavy atom. The molecule has 0 aromatic rings. The second kappa shape index (κ2) is 5.46. The van der Waals surface area contributed by atoms with Crippen molar-refractivity contribution in [2.24, 2.45) is 23.7 Å². The molecule has 5 nitrogen and oxygen atoms in total. The zero-order valence-corrected chi connectivity index (χ0v) is 13.5. The van der Waals surface area contributed by atoms with Crippen molar-refractivity contribution in [2.75, 3.05) is 0 Å². The van der Waals surface area contributed by atoms with E-state index in [9.17, 15) is 14.4 Å². The number of hydrogen-bond acceptors (Lipinski definition) is 3. The molecule has 3 amide bonds. The van der Waals surface area contributed by atoms with Crippen molar-refractivity contribution < 1.29 is 14.4 Å². The zero-order chi connectivity index (χ0) is 16.1. The summed E-state index contributed by atoms with van der Waals surface area (Å²) >= 11 is 0. The third-order valence-electron chi connectivity index (χ3n) is 6.22. The minimum absolute atomic E-state index is 0.136. The molecule has 1 heterocycles. The summed E-state index contributed by atoms with van der Waals surface area (Å²) in [4.78, 5) is 39.2. The SMILES string of the molecule is C[C@@H](C(=O)NC1CCCCC1)N1C(=O)[C@@H]2[C@@H](C1=O)[C@H]1C=C[C@@H]2C1. The first-order chi connectivity index (χ1) is 11.1. The van der Waals surface area contributed by atoms with E-state index in [4.69, 9.17) is 0 Å². The number of nitrogens with zero attached hydrogens (tertiary/aromatic N) is 1. The van der Waals surface area contributed by atoms with Crippen LogP contribution >= 0.6 is 0 Å². The van der Waals surface area contributed by atoms with Crippen molar-refractivity contribution in [1.82, 2.24) is 10.2 Å². The van der Waals surface area contributed by atoms with Crippen LogP contribution in [0.15, 0.2) is 12.2 Å². The molecule has 0 radical (unpaired) electrons. The van der Waals surface area contributed by atoms with E-state index < -0.39 is 6.04 Å². The lowest BCUT2D eigenvalue weighted by Crippen LogP contribution is -2.51. The number of imide groups is 1. The highest BCUT2D eigenvalue weighted by molar-refractivity contribution is 6.09. The van der Waals surface area contributed by atoms with Gasteiger partial charge in [-0.15, -0.1) is 0 Å². The van der Waals surface area contributed by atoms with E-state index in [0.29, 0.717) is 0 Å². The van der Waals surface area contributed by atoms with E-state index in [0.717, 1.165) is 32.1 Å². The molecule has 1 N–H and O–H groups in total. The molecule has 4 rings (SSSR count). The number of fused-ring (bicyclic) bond motifs is 5. The highest BCUT2D eigenvalue weighted by atomic mass is 16.2. The molecule has 0 aromatic carbocycles. The molecule has 5 atom stereocenters. The molecule has 0 aromatic heterocycles. The number of rotatable bonds is 3. The molecule has 1 aliphatic heterocycles. The second-order valence-electron chi connectivity index (χ2n) is 7.57. The average Bonchev–Trinajstić information content (AvgIpc) is 3.22. The van der Waals surface area contributed by atoms with E-state index >= 15 is 0 Å². The van der Waals surface area contributed by atoms with Crippen molar-refractivity contribution in [2.45, 2.75) is 57.5 Å². The number of hydrogen-bond donors (Lipinski definition) is 1. The summed E-state index contributed by atoms with van der Waals surface area (Å²) in [6.07, 6.45) is 10.6. The van der Waals surface area contributed by atoms with Gasteiger partial charge >= 0.3 is 0 Å². The van der Waals surface area contributed by atoms with Crippen molar-refractivity contribution in [3.63, 3.8) is 0 Å². The average molecular weight is 316 g/mol. The summed E-state index contributed by atoms with van der Waals surface area (Å²) in [5.74, 6) is -0.504. The van der Waals surface area contributed by atoms with Gasteiger partial charge in [-0.05, 0) is 38.0 Å². The minimum atomic E-state index is -0.693. The smallest absolute Gasteiger partial charge is 0.243 e. The molecule has 4 aliphatic rings. The Morgan fingerprint density at radius 2 is 1.65 bits per heavy atom. The molecule has 0 spiro atoms. The van der Waals surface area contributed by atoms with E-state index in [-0.39, 0.29) is 47.4 Å². The standard InChI is InChI=1S/C18H24N2O3/c1-10(16(21)19-13-5-3-2-4-6-13)20-17(22)14-11-7-8-12(9-11)15(14)18(20)23/h7-8,10-15H,2-6,9H2,1H3,(H,19,21)/t10-,11-,12+,14-,15-/m0/s1. The summed E-state index contributed by atoms with van der Waals surface area (Å²) in [5.41, 5.74) is 0. The Balaban J connectivity index is 1.46. The fourth-order valence-electron chi connectivity index (χ4n) is 4.99. The fraction of sp³-hybridized carbons (Fsp3) is 0.722. The number of nitrogens with one attached hydrogen (secondary N) is 1. The van der Waals surface area contributed by atoms with E-state index in [2.05, 4.69) is 17.5 Å². The van der Waals surface area contributed by atoms with Crippen LogP contribution < -0.4 is 5.32 Å². The molecule has 3 fully saturated rings. The number of likely N-dealkylation sites (tertiary alicyclic amines) is 1. The number of allylic oxidation sites excluding steroid dienone is 2. The maximum absolute atomic E-state index is 12.7. The fourth-order valence-corrected chi connectivity index (χ4v) is 4.99. The Hall–Kier alpha value is -1.65. The van der Waals surface area contributed by atoms with Crippen LogP contribution in [-0.2, 0) is 14.4 Å². The van der Waals surface area contributed by atoms with Gasteiger partial charge in [0.25, 0.3) is 0 Å². The van der Waals surface area contributed by atoms with Gasteiger partial charge in [-0.3, -0.25) is 19.3 Å². The molecule has 2 bridgehead atoms. The van der Waals surface area contributed by atoms with E-state index in [1.54, 1.807) is 6.92 Å². The first-order valence-electron chi connectivity index (χ1n) is 8.93. The summed E-state index contributed by atoms with van der Waals surface area (Å²) in [6.45, 7) is 1.68.